The van der Waals surface area contributed by atoms with E-state index in [-0.39, 0.29) is 11.6 Å². The molecule has 1 amide bonds. The van der Waals surface area contributed by atoms with Crippen LogP contribution in [0.2, 0.25) is 0 Å². The molecular formula is C21H16N4O4S. The first-order valence-electron chi connectivity index (χ1n) is 9.11. The lowest BCUT2D eigenvalue weighted by molar-refractivity contribution is -0.384. The van der Waals surface area contributed by atoms with E-state index < -0.39 is 4.92 Å². The maximum absolute atomic E-state index is 12.8. The molecule has 2 aromatic heterocycles. The van der Waals surface area contributed by atoms with E-state index in [0.717, 1.165) is 0 Å². The van der Waals surface area contributed by atoms with Crippen LogP contribution in [-0.2, 0) is 4.79 Å². The normalized spacial score (nSPS) is 16.6. The lowest BCUT2D eigenvalue weighted by atomic mass is 10.1. The summed E-state index contributed by atoms with van der Waals surface area (Å²) >= 11 is 1.23. The van der Waals surface area contributed by atoms with E-state index in [1.54, 1.807) is 59.6 Å². The number of furan rings is 1. The summed E-state index contributed by atoms with van der Waals surface area (Å²) in [5, 5.41) is 11.8. The van der Waals surface area contributed by atoms with Gasteiger partial charge in [0.25, 0.3) is 11.6 Å². The monoisotopic (exact) mass is 420 g/mol. The third kappa shape index (κ3) is 3.87. The zero-order valence-electron chi connectivity index (χ0n) is 15.9. The van der Waals surface area contributed by atoms with Crippen molar-refractivity contribution in [2.24, 2.45) is 4.99 Å². The molecule has 0 aliphatic carbocycles. The van der Waals surface area contributed by atoms with E-state index in [4.69, 9.17) is 4.42 Å². The highest BCUT2D eigenvalue weighted by Gasteiger charge is 2.32. The second kappa shape index (κ2) is 8.34. The summed E-state index contributed by atoms with van der Waals surface area (Å²) in [5.41, 5.74) is 0.337. The number of hydrogen-bond acceptors (Lipinski definition) is 7. The van der Waals surface area contributed by atoms with E-state index in [1.165, 1.54) is 17.8 Å². The number of nitro groups is 1. The summed E-state index contributed by atoms with van der Waals surface area (Å²) < 4.78 is 5.78. The third-order valence-corrected chi connectivity index (χ3v) is 5.34. The van der Waals surface area contributed by atoms with Crippen LogP contribution in [0.3, 0.4) is 0 Å². The molecule has 4 rings (SSSR count). The van der Waals surface area contributed by atoms with Crippen LogP contribution in [0, 0.1) is 10.1 Å². The van der Waals surface area contributed by atoms with Crippen molar-refractivity contribution < 1.29 is 14.1 Å². The number of para-hydroxylation sites is 1. The van der Waals surface area contributed by atoms with Crippen molar-refractivity contribution >= 4 is 40.4 Å². The predicted molar refractivity (Wildman–Crippen MR) is 115 cm³/mol. The Labute approximate surface area is 176 Å². The molecule has 0 atom stereocenters. The Balaban J connectivity index is 1.64. The highest BCUT2D eigenvalue weighted by atomic mass is 32.2. The van der Waals surface area contributed by atoms with Crippen LogP contribution in [0.1, 0.15) is 12.7 Å². The van der Waals surface area contributed by atoms with Crippen LogP contribution in [0.5, 0.6) is 0 Å². The molecular weight excluding hydrogens is 404 g/mol. The number of hydrogen-bond donors (Lipinski definition) is 0. The Bertz CT molecular complexity index is 1170. The van der Waals surface area contributed by atoms with Gasteiger partial charge in [0, 0.05) is 24.9 Å². The molecule has 0 N–H and O–H groups in total. The second-order valence-corrected chi connectivity index (χ2v) is 7.23. The summed E-state index contributed by atoms with van der Waals surface area (Å²) in [4.78, 5) is 34.2. The third-order valence-electron chi connectivity index (χ3n) is 4.33. The molecule has 150 valence electrons. The lowest BCUT2D eigenvalue weighted by Crippen LogP contribution is -2.28. The van der Waals surface area contributed by atoms with Crippen molar-refractivity contribution in [2.75, 3.05) is 6.54 Å². The van der Waals surface area contributed by atoms with Gasteiger partial charge < -0.3 is 4.42 Å². The average Bonchev–Trinajstić information content (AvgIpc) is 3.33. The molecule has 1 aromatic carbocycles. The molecule has 8 nitrogen and oxygen atoms in total. The van der Waals surface area contributed by atoms with Crippen LogP contribution in [0.15, 0.2) is 75.1 Å². The Kier molecular flexibility index (Phi) is 5.44. The molecule has 0 unspecified atom stereocenters. The van der Waals surface area contributed by atoms with Gasteiger partial charge in [-0.05, 0) is 49.0 Å². The molecule has 0 saturated carbocycles. The second-order valence-electron chi connectivity index (χ2n) is 6.22. The first-order chi connectivity index (χ1) is 14.6. The maximum atomic E-state index is 12.8. The van der Waals surface area contributed by atoms with Crippen molar-refractivity contribution in [3.8, 4) is 11.3 Å². The van der Waals surface area contributed by atoms with Crippen LogP contribution >= 0.6 is 11.8 Å². The van der Waals surface area contributed by atoms with Crippen molar-refractivity contribution in [3.05, 3.63) is 81.6 Å². The van der Waals surface area contributed by atoms with E-state index in [2.05, 4.69) is 9.98 Å². The highest BCUT2D eigenvalue weighted by molar-refractivity contribution is 8.18. The minimum absolute atomic E-state index is 0.0423. The summed E-state index contributed by atoms with van der Waals surface area (Å²) in [6.45, 7) is 2.34. The zero-order chi connectivity index (χ0) is 21.1. The smallest absolute Gasteiger partial charge is 0.280 e. The number of thioether (sulfide) groups is 1. The van der Waals surface area contributed by atoms with E-state index >= 15 is 0 Å². The van der Waals surface area contributed by atoms with Gasteiger partial charge in [-0.2, -0.15) is 0 Å². The molecule has 9 heteroatoms. The number of nitro benzene ring substituents is 1. The van der Waals surface area contributed by atoms with Gasteiger partial charge in [0.2, 0.25) is 0 Å². The molecule has 1 saturated heterocycles. The molecule has 0 spiro atoms. The van der Waals surface area contributed by atoms with Gasteiger partial charge in [0.05, 0.1) is 15.4 Å². The first-order valence-corrected chi connectivity index (χ1v) is 9.93. The number of rotatable bonds is 5. The van der Waals surface area contributed by atoms with Gasteiger partial charge in [0.15, 0.2) is 11.0 Å². The number of aliphatic imine (C=N–C) groups is 1. The number of likely N-dealkylation sites (N-methyl/N-ethyl adjacent to an activating group) is 1. The minimum atomic E-state index is -0.453. The molecule has 0 bridgehead atoms. The van der Waals surface area contributed by atoms with E-state index in [9.17, 15) is 14.9 Å². The van der Waals surface area contributed by atoms with Crippen molar-refractivity contribution in [1.82, 2.24) is 9.88 Å². The fraction of sp³-hybridized carbons (Fsp3) is 0.0952. The fourth-order valence-electron chi connectivity index (χ4n) is 2.93. The minimum Gasteiger partial charge on any atom is -0.456 e. The van der Waals surface area contributed by atoms with Crippen LogP contribution < -0.4 is 0 Å². The Morgan fingerprint density at radius 3 is 2.73 bits per heavy atom. The molecule has 1 aliphatic heterocycles. The van der Waals surface area contributed by atoms with Gasteiger partial charge >= 0.3 is 0 Å². The number of nitrogens with zero attached hydrogens (tertiary/aromatic N) is 4. The quantitative estimate of drug-likeness (QED) is 0.331. The molecule has 1 fully saturated rings. The van der Waals surface area contributed by atoms with Gasteiger partial charge in [0.1, 0.15) is 11.5 Å². The van der Waals surface area contributed by atoms with E-state index in [1.807, 2.05) is 13.0 Å². The number of carbonyl (C=O) groups excluding carboxylic acids is 1. The van der Waals surface area contributed by atoms with Crippen LogP contribution in [0.4, 0.5) is 11.5 Å². The van der Waals surface area contributed by atoms with Crippen LogP contribution in [0.25, 0.3) is 17.4 Å². The molecule has 3 heterocycles. The Hall–Kier alpha value is -3.72. The average molecular weight is 420 g/mol. The van der Waals surface area contributed by atoms with Crippen molar-refractivity contribution in [2.45, 2.75) is 6.92 Å². The van der Waals surface area contributed by atoms with Gasteiger partial charge in [-0.15, -0.1) is 0 Å². The Morgan fingerprint density at radius 1 is 1.20 bits per heavy atom. The molecule has 30 heavy (non-hydrogen) atoms. The van der Waals surface area contributed by atoms with Crippen molar-refractivity contribution in [3.63, 3.8) is 0 Å². The van der Waals surface area contributed by atoms with Gasteiger partial charge in [-0.25, -0.2) is 9.98 Å². The fourth-order valence-corrected chi connectivity index (χ4v) is 3.96. The number of aromatic nitrogens is 1. The van der Waals surface area contributed by atoms with Crippen LogP contribution in [-0.4, -0.2) is 32.4 Å². The summed E-state index contributed by atoms with van der Waals surface area (Å²) in [6.07, 6.45) is 3.26. The number of amidine groups is 1. The van der Waals surface area contributed by atoms with E-state index in [0.29, 0.717) is 39.5 Å². The molecule has 1 aliphatic rings. The van der Waals surface area contributed by atoms with Crippen molar-refractivity contribution in [1.29, 1.82) is 0 Å². The zero-order valence-corrected chi connectivity index (χ0v) is 16.7. The SMILES string of the molecule is CCN1C(=O)/C(=C\c2ccc(-c3ccccc3[N+](=O)[O-])o2)S/C1=N/c1ccccn1. The lowest BCUT2D eigenvalue weighted by Gasteiger charge is -2.11. The molecule has 0 radical (unpaired) electrons. The number of pyridine rings is 1. The number of amides is 1. The Morgan fingerprint density at radius 2 is 2.00 bits per heavy atom. The highest BCUT2D eigenvalue weighted by Crippen LogP contribution is 2.35. The summed E-state index contributed by atoms with van der Waals surface area (Å²) in [5.74, 6) is 1.12. The maximum Gasteiger partial charge on any atom is 0.280 e. The summed E-state index contributed by atoms with van der Waals surface area (Å²) in [7, 11) is 0. The topological polar surface area (TPSA) is 102 Å². The largest absolute Gasteiger partial charge is 0.456 e. The van der Waals surface area contributed by atoms with Gasteiger partial charge in [-0.3, -0.25) is 19.8 Å². The first kappa shape index (κ1) is 19.6. The number of carbonyl (C=O) groups is 1. The predicted octanol–water partition coefficient (Wildman–Crippen LogP) is 4.87. The number of benzene rings is 1. The standard InChI is InChI=1S/C21H16N4O4S/c1-2-24-20(26)18(30-21(24)23-19-9-5-6-12-22-19)13-14-10-11-17(29-14)15-7-3-4-8-16(15)25(27)28/h3-13H,2H2,1H3/b18-13+,23-21+. The molecule has 3 aromatic rings. The van der Waals surface area contributed by atoms with Gasteiger partial charge in [-0.1, -0.05) is 18.2 Å². The summed E-state index contributed by atoms with van der Waals surface area (Å²) in [6, 6.07) is 15.1.